The van der Waals surface area contributed by atoms with E-state index in [1.54, 1.807) is 0 Å². The molecule has 1 aliphatic heterocycles. The zero-order chi connectivity index (χ0) is 9.68. The topological polar surface area (TPSA) is 26.3 Å². The van der Waals surface area contributed by atoms with Crippen LogP contribution in [0.1, 0.15) is 52.4 Å². The number of carbonyl (C=O) groups is 1. The highest BCUT2D eigenvalue weighted by molar-refractivity contribution is 5.72. The lowest BCUT2D eigenvalue weighted by Crippen LogP contribution is -2.06. The van der Waals surface area contributed by atoms with E-state index < -0.39 is 0 Å². The zero-order valence-corrected chi connectivity index (χ0v) is 8.71. The zero-order valence-electron chi connectivity index (χ0n) is 8.71. The molecule has 13 heavy (non-hydrogen) atoms. The quantitative estimate of drug-likeness (QED) is 0.586. The number of fused-ring (bicyclic) bond motifs is 1. The van der Waals surface area contributed by atoms with Gasteiger partial charge < -0.3 is 4.74 Å². The van der Waals surface area contributed by atoms with Crippen molar-refractivity contribution in [2.24, 2.45) is 5.92 Å². The van der Waals surface area contributed by atoms with Gasteiger partial charge in [-0.15, -0.1) is 0 Å². The summed E-state index contributed by atoms with van der Waals surface area (Å²) in [6.07, 6.45) is 7.19. The van der Waals surface area contributed by atoms with Gasteiger partial charge in [0.1, 0.15) is 6.10 Å². The molecule has 0 aromatic heterocycles. The summed E-state index contributed by atoms with van der Waals surface area (Å²) in [4.78, 5) is 10.6. The lowest BCUT2D eigenvalue weighted by molar-refractivity contribution is -0.141. The van der Waals surface area contributed by atoms with E-state index in [4.69, 9.17) is 4.74 Å². The van der Waals surface area contributed by atoms with Crippen LogP contribution in [0.3, 0.4) is 0 Å². The van der Waals surface area contributed by atoms with Crippen molar-refractivity contribution in [3.8, 4) is 0 Å². The summed E-state index contributed by atoms with van der Waals surface area (Å²) in [6, 6.07) is 0. The maximum absolute atomic E-state index is 10.6. The highest BCUT2D eigenvalue weighted by atomic mass is 16.5. The van der Waals surface area contributed by atoms with E-state index in [0.29, 0.717) is 18.4 Å². The van der Waals surface area contributed by atoms with Crippen LogP contribution in [0.2, 0.25) is 0 Å². The van der Waals surface area contributed by atoms with Crippen LogP contribution < -0.4 is 0 Å². The van der Waals surface area contributed by atoms with E-state index >= 15 is 0 Å². The Kier molecular flexibility index (Phi) is 4.26. The predicted molar refractivity (Wildman–Crippen MR) is 52.4 cm³/mol. The third-order valence-corrected chi connectivity index (χ3v) is 2.80. The maximum Gasteiger partial charge on any atom is 0.306 e. The van der Waals surface area contributed by atoms with Gasteiger partial charge in [-0.2, -0.15) is 0 Å². The first-order valence-electron chi connectivity index (χ1n) is 5.47. The molecule has 1 heterocycles. The Hall–Kier alpha value is -0.530. The van der Waals surface area contributed by atoms with Crippen molar-refractivity contribution in [3.63, 3.8) is 0 Å². The Bertz CT molecular complexity index is 149. The highest BCUT2D eigenvalue weighted by Gasteiger charge is 2.37. The average Bonchev–Trinajstić information content (AvgIpc) is 2.64. The first kappa shape index (κ1) is 10.6. The van der Waals surface area contributed by atoms with E-state index in [1.165, 1.54) is 25.7 Å². The van der Waals surface area contributed by atoms with Gasteiger partial charge in [-0.3, -0.25) is 4.79 Å². The standard InChI is InChI=1S/C7H10O2.C4H10/c8-7-4-5-2-1-3-6(5)9-7;1-3-4-2/h5-6H,1-4H2;3-4H2,1-2H3. The van der Waals surface area contributed by atoms with Gasteiger partial charge in [0.15, 0.2) is 0 Å². The van der Waals surface area contributed by atoms with Gasteiger partial charge in [0.05, 0.1) is 6.42 Å². The number of rotatable bonds is 1. The van der Waals surface area contributed by atoms with Gasteiger partial charge in [0.2, 0.25) is 0 Å². The van der Waals surface area contributed by atoms with E-state index in [9.17, 15) is 4.79 Å². The first-order chi connectivity index (χ1) is 6.27. The summed E-state index contributed by atoms with van der Waals surface area (Å²) in [7, 11) is 0. The van der Waals surface area contributed by atoms with Crippen molar-refractivity contribution < 1.29 is 9.53 Å². The fourth-order valence-electron chi connectivity index (χ4n) is 1.82. The van der Waals surface area contributed by atoms with Crippen molar-refractivity contribution >= 4 is 5.97 Å². The van der Waals surface area contributed by atoms with Crippen LogP contribution in [0, 0.1) is 5.92 Å². The second-order valence-electron chi connectivity index (χ2n) is 3.92. The minimum absolute atomic E-state index is 0.0182. The molecule has 1 saturated heterocycles. The van der Waals surface area contributed by atoms with Gasteiger partial charge in [-0.1, -0.05) is 26.7 Å². The molecule has 1 aliphatic carbocycles. The fraction of sp³-hybridized carbons (Fsp3) is 0.909. The SMILES string of the molecule is CCCC.O=C1CC2CCCC2O1. The van der Waals surface area contributed by atoms with Crippen LogP contribution >= 0.6 is 0 Å². The average molecular weight is 184 g/mol. The second kappa shape index (κ2) is 5.25. The Morgan fingerprint density at radius 1 is 1.31 bits per heavy atom. The Labute approximate surface area is 80.7 Å². The third kappa shape index (κ3) is 3.02. The molecule has 2 unspecified atom stereocenters. The van der Waals surface area contributed by atoms with Gasteiger partial charge in [-0.05, 0) is 19.3 Å². The maximum atomic E-state index is 10.6. The van der Waals surface area contributed by atoms with Crippen LogP contribution in [0.4, 0.5) is 0 Å². The van der Waals surface area contributed by atoms with Crippen LogP contribution in [-0.4, -0.2) is 12.1 Å². The molecule has 0 radical (unpaired) electrons. The van der Waals surface area contributed by atoms with E-state index in [-0.39, 0.29) is 5.97 Å². The molecule has 2 nitrogen and oxygen atoms in total. The van der Waals surface area contributed by atoms with E-state index in [0.717, 1.165) is 6.42 Å². The Morgan fingerprint density at radius 2 is 2.00 bits per heavy atom. The lowest BCUT2D eigenvalue weighted by Gasteiger charge is -2.03. The summed E-state index contributed by atoms with van der Waals surface area (Å²) >= 11 is 0. The number of ether oxygens (including phenoxy) is 1. The normalized spacial score (nSPS) is 30.5. The molecular weight excluding hydrogens is 164 g/mol. The van der Waals surface area contributed by atoms with Crippen molar-refractivity contribution in [2.45, 2.75) is 58.5 Å². The number of carbonyl (C=O) groups excluding carboxylic acids is 1. The molecule has 76 valence electrons. The summed E-state index contributed by atoms with van der Waals surface area (Å²) in [6.45, 7) is 4.36. The molecule has 2 rings (SSSR count). The molecular formula is C11H20O2. The Morgan fingerprint density at radius 3 is 2.54 bits per heavy atom. The molecule has 0 N–H and O–H groups in total. The molecule has 0 bridgehead atoms. The number of hydrogen-bond donors (Lipinski definition) is 0. The van der Waals surface area contributed by atoms with Crippen molar-refractivity contribution in [1.29, 1.82) is 0 Å². The number of unbranched alkanes of at least 4 members (excludes halogenated alkanes) is 1. The summed E-state index contributed by atoms with van der Waals surface area (Å²) in [5, 5.41) is 0. The highest BCUT2D eigenvalue weighted by Crippen LogP contribution is 2.35. The Balaban J connectivity index is 0.000000184. The van der Waals surface area contributed by atoms with E-state index in [2.05, 4.69) is 13.8 Å². The minimum Gasteiger partial charge on any atom is -0.462 e. The summed E-state index contributed by atoms with van der Waals surface area (Å²) < 4.78 is 5.05. The van der Waals surface area contributed by atoms with Crippen LogP contribution in [0.5, 0.6) is 0 Å². The van der Waals surface area contributed by atoms with Crippen molar-refractivity contribution in [3.05, 3.63) is 0 Å². The summed E-state index contributed by atoms with van der Waals surface area (Å²) in [5.41, 5.74) is 0. The first-order valence-corrected chi connectivity index (χ1v) is 5.47. The molecule has 2 fully saturated rings. The number of esters is 1. The van der Waals surface area contributed by atoms with Gasteiger partial charge in [-0.25, -0.2) is 0 Å². The molecule has 2 aliphatic rings. The lowest BCUT2D eigenvalue weighted by atomic mass is 10.1. The van der Waals surface area contributed by atoms with Crippen LogP contribution in [-0.2, 0) is 9.53 Å². The molecule has 0 amide bonds. The third-order valence-electron chi connectivity index (χ3n) is 2.80. The molecule has 0 aromatic rings. The fourth-order valence-corrected chi connectivity index (χ4v) is 1.82. The largest absolute Gasteiger partial charge is 0.462 e. The van der Waals surface area contributed by atoms with Gasteiger partial charge in [0.25, 0.3) is 0 Å². The predicted octanol–water partition coefficient (Wildman–Crippen LogP) is 2.91. The monoisotopic (exact) mass is 184 g/mol. The summed E-state index contributed by atoms with van der Waals surface area (Å²) in [5.74, 6) is 0.599. The molecule has 2 atom stereocenters. The van der Waals surface area contributed by atoms with E-state index in [1.807, 2.05) is 0 Å². The molecule has 0 aromatic carbocycles. The minimum atomic E-state index is 0.0182. The smallest absolute Gasteiger partial charge is 0.306 e. The molecule has 2 heteroatoms. The van der Waals surface area contributed by atoms with Crippen LogP contribution in [0.25, 0.3) is 0 Å². The molecule has 0 spiro atoms. The van der Waals surface area contributed by atoms with Crippen molar-refractivity contribution in [2.75, 3.05) is 0 Å². The van der Waals surface area contributed by atoms with Crippen LogP contribution in [0.15, 0.2) is 0 Å². The second-order valence-corrected chi connectivity index (χ2v) is 3.92. The number of hydrogen-bond acceptors (Lipinski definition) is 2. The van der Waals surface area contributed by atoms with Crippen molar-refractivity contribution in [1.82, 2.24) is 0 Å². The molecule has 1 saturated carbocycles. The van der Waals surface area contributed by atoms with Gasteiger partial charge in [0, 0.05) is 5.92 Å². The van der Waals surface area contributed by atoms with Gasteiger partial charge >= 0.3 is 5.97 Å².